The zero-order valence-corrected chi connectivity index (χ0v) is 15.0. The molecule has 0 aliphatic carbocycles. The number of hydrogen-bond donors (Lipinski definition) is 0. The molecule has 4 nitrogen and oxygen atoms in total. The van der Waals surface area contributed by atoms with Crippen molar-refractivity contribution in [2.75, 3.05) is 26.7 Å². The van der Waals surface area contributed by atoms with Crippen LogP contribution in [0, 0.1) is 5.82 Å². The number of likely N-dealkylation sites (tertiary alicyclic amines) is 2. The molecule has 0 N–H and O–H groups in total. The molecule has 0 bridgehead atoms. The molecular formula is C18H24ClFN2O2. The van der Waals surface area contributed by atoms with Crippen LogP contribution in [0.2, 0.25) is 5.02 Å². The van der Waals surface area contributed by atoms with Crippen LogP contribution < -0.4 is 4.74 Å². The number of carbonyl (C=O) groups excluding carboxylic acids is 1. The number of likely N-dealkylation sites (N-methyl/N-ethyl adjacent to an activating group) is 1. The zero-order valence-electron chi connectivity index (χ0n) is 14.2. The molecule has 6 heteroatoms. The summed E-state index contributed by atoms with van der Waals surface area (Å²) in [6.45, 7) is 4.08. The zero-order chi connectivity index (χ0) is 17.3. The number of piperidine rings is 2. The van der Waals surface area contributed by atoms with Gasteiger partial charge in [-0.05, 0) is 58.3 Å². The minimum absolute atomic E-state index is 0.000554. The van der Waals surface area contributed by atoms with Crippen molar-refractivity contribution < 1.29 is 13.9 Å². The predicted octanol–water partition coefficient (Wildman–Crippen LogP) is 3.33. The van der Waals surface area contributed by atoms with E-state index in [0.29, 0.717) is 5.75 Å². The Balaban J connectivity index is 1.66. The molecule has 1 aromatic carbocycles. The molecule has 2 aliphatic rings. The van der Waals surface area contributed by atoms with E-state index in [2.05, 4.69) is 18.9 Å². The summed E-state index contributed by atoms with van der Waals surface area (Å²) in [5.41, 5.74) is 0.0470. The van der Waals surface area contributed by atoms with Crippen LogP contribution in [-0.4, -0.2) is 54.0 Å². The van der Waals surface area contributed by atoms with Gasteiger partial charge in [-0.3, -0.25) is 9.69 Å². The van der Waals surface area contributed by atoms with Crippen LogP contribution >= 0.6 is 11.6 Å². The van der Waals surface area contributed by atoms with Gasteiger partial charge in [0.25, 0.3) is 5.91 Å². The van der Waals surface area contributed by atoms with Gasteiger partial charge >= 0.3 is 0 Å². The van der Waals surface area contributed by atoms with Gasteiger partial charge in [0.2, 0.25) is 0 Å². The molecule has 0 aromatic heterocycles. The highest BCUT2D eigenvalue weighted by molar-refractivity contribution is 6.30. The summed E-state index contributed by atoms with van der Waals surface area (Å²) in [7, 11) is 2.15. The molecule has 1 amide bonds. The number of nitrogens with zero attached hydrogens (tertiary/aromatic N) is 2. The summed E-state index contributed by atoms with van der Waals surface area (Å²) in [4.78, 5) is 17.1. The quantitative estimate of drug-likeness (QED) is 0.834. The molecule has 2 fully saturated rings. The van der Waals surface area contributed by atoms with E-state index in [4.69, 9.17) is 16.3 Å². The minimum atomic E-state index is -0.493. The number of ether oxygens (including phenoxy) is 1. The number of carbonyl (C=O) groups is 1. The highest BCUT2D eigenvalue weighted by Gasteiger charge is 2.47. The van der Waals surface area contributed by atoms with Crippen LogP contribution in [0.1, 0.15) is 32.6 Å². The van der Waals surface area contributed by atoms with E-state index in [-0.39, 0.29) is 29.1 Å². The van der Waals surface area contributed by atoms with E-state index >= 15 is 0 Å². The average molecular weight is 355 g/mol. The summed E-state index contributed by atoms with van der Waals surface area (Å²) in [6.07, 6.45) is 4.27. The van der Waals surface area contributed by atoms with Gasteiger partial charge in [-0.15, -0.1) is 0 Å². The maximum absolute atomic E-state index is 13.2. The smallest absolute Gasteiger partial charge is 0.260 e. The van der Waals surface area contributed by atoms with E-state index in [0.717, 1.165) is 38.8 Å². The Morgan fingerprint density at radius 1 is 1.42 bits per heavy atom. The van der Waals surface area contributed by atoms with Crippen LogP contribution in [0.3, 0.4) is 0 Å². The van der Waals surface area contributed by atoms with Crippen molar-refractivity contribution in [1.29, 1.82) is 0 Å². The summed E-state index contributed by atoms with van der Waals surface area (Å²) in [5, 5.41) is -0.000554. The van der Waals surface area contributed by atoms with Gasteiger partial charge in [-0.25, -0.2) is 4.39 Å². The van der Waals surface area contributed by atoms with Crippen LogP contribution in [0.4, 0.5) is 4.39 Å². The highest BCUT2D eigenvalue weighted by atomic mass is 35.5. The van der Waals surface area contributed by atoms with Crippen LogP contribution in [0.15, 0.2) is 18.2 Å². The molecule has 24 heavy (non-hydrogen) atoms. The fraction of sp³-hybridized carbons (Fsp3) is 0.611. The first-order valence-electron chi connectivity index (χ1n) is 8.50. The third-order valence-corrected chi connectivity index (χ3v) is 5.88. The standard InChI is InChI=1S/C18H24ClFN2O2/c1-18-8-4-10-22(16(18)5-3-9-21(18)2)17(23)12-24-13-6-7-15(20)14(19)11-13/h6-7,11,16H,3-5,8-10,12H2,1-2H3/t16-,18-/m0/s1. The van der Waals surface area contributed by atoms with Crippen molar-refractivity contribution in [2.24, 2.45) is 0 Å². The van der Waals surface area contributed by atoms with E-state index in [1.54, 1.807) is 0 Å². The lowest BCUT2D eigenvalue weighted by Crippen LogP contribution is -2.66. The maximum Gasteiger partial charge on any atom is 0.260 e. The molecule has 2 atom stereocenters. The second-order valence-electron chi connectivity index (χ2n) is 6.99. The first-order chi connectivity index (χ1) is 11.4. The molecule has 132 valence electrons. The first-order valence-corrected chi connectivity index (χ1v) is 8.88. The number of halogens is 2. The lowest BCUT2D eigenvalue weighted by molar-refractivity contribution is -0.145. The minimum Gasteiger partial charge on any atom is -0.484 e. The molecular weight excluding hydrogens is 331 g/mol. The monoisotopic (exact) mass is 354 g/mol. The number of fused-ring (bicyclic) bond motifs is 1. The Morgan fingerprint density at radius 2 is 2.21 bits per heavy atom. The van der Waals surface area contributed by atoms with Gasteiger partial charge < -0.3 is 9.64 Å². The normalized spacial score (nSPS) is 27.7. The van der Waals surface area contributed by atoms with Crippen molar-refractivity contribution in [2.45, 2.75) is 44.2 Å². The second kappa shape index (κ2) is 6.89. The SMILES string of the molecule is CN1CCC[C@@H]2N(C(=O)COc3ccc(F)c(Cl)c3)CCC[C@@]21C. The van der Waals surface area contributed by atoms with Gasteiger partial charge in [0.1, 0.15) is 11.6 Å². The van der Waals surface area contributed by atoms with Crippen molar-refractivity contribution in [3.05, 3.63) is 29.0 Å². The van der Waals surface area contributed by atoms with Crippen LogP contribution in [0.5, 0.6) is 5.75 Å². The molecule has 0 unspecified atom stereocenters. The summed E-state index contributed by atoms with van der Waals surface area (Å²) >= 11 is 5.75. The van der Waals surface area contributed by atoms with E-state index < -0.39 is 5.82 Å². The molecule has 2 heterocycles. The summed E-state index contributed by atoms with van der Waals surface area (Å²) < 4.78 is 18.7. The lowest BCUT2D eigenvalue weighted by atomic mass is 9.76. The number of hydrogen-bond acceptors (Lipinski definition) is 3. The Labute approximate surface area is 147 Å². The van der Waals surface area contributed by atoms with Gasteiger partial charge in [0.15, 0.2) is 6.61 Å². The topological polar surface area (TPSA) is 32.8 Å². The van der Waals surface area contributed by atoms with E-state index in [1.165, 1.54) is 18.2 Å². The Morgan fingerprint density at radius 3 is 2.96 bits per heavy atom. The largest absolute Gasteiger partial charge is 0.484 e. The van der Waals surface area contributed by atoms with Crippen LogP contribution in [0.25, 0.3) is 0 Å². The third kappa shape index (κ3) is 3.24. The Hall–Kier alpha value is -1.33. The lowest BCUT2D eigenvalue weighted by Gasteiger charge is -2.55. The van der Waals surface area contributed by atoms with Crippen molar-refractivity contribution in [3.63, 3.8) is 0 Å². The molecule has 0 spiro atoms. The maximum atomic E-state index is 13.2. The summed E-state index contributed by atoms with van der Waals surface area (Å²) in [6, 6.07) is 4.37. The van der Waals surface area contributed by atoms with Crippen molar-refractivity contribution in [3.8, 4) is 5.75 Å². The number of rotatable bonds is 3. The fourth-order valence-electron chi connectivity index (χ4n) is 4.05. The van der Waals surface area contributed by atoms with Gasteiger partial charge in [-0.1, -0.05) is 11.6 Å². The second-order valence-corrected chi connectivity index (χ2v) is 7.40. The van der Waals surface area contributed by atoms with E-state index in [9.17, 15) is 9.18 Å². The summed E-state index contributed by atoms with van der Waals surface area (Å²) in [5.74, 6) is -0.0932. The molecule has 1 aromatic rings. The van der Waals surface area contributed by atoms with E-state index in [1.807, 2.05) is 4.90 Å². The average Bonchev–Trinajstić information content (AvgIpc) is 2.56. The molecule has 2 aliphatic heterocycles. The van der Waals surface area contributed by atoms with Crippen LogP contribution in [-0.2, 0) is 4.79 Å². The predicted molar refractivity (Wildman–Crippen MR) is 91.9 cm³/mol. The first kappa shape index (κ1) is 17.5. The van der Waals surface area contributed by atoms with Gasteiger partial charge in [-0.2, -0.15) is 0 Å². The Bertz CT molecular complexity index is 627. The fourth-order valence-corrected chi connectivity index (χ4v) is 4.22. The number of amides is 1. The molecule has 2 saturated heterocycles. The molecule has 0 radical (unpaired) electrons. The molecule has 0 saturated carbocycles. The van der Waals surface area contributed by atoms with Gasteiger partial charge in [0, 0.05) is 24.2 Å². The molecule has 3 rings (SSSR count). The number of benzene rings is 1. The van der Waals surface area contributed by atoms with Gasteiger partial charge in [0.05, 0.1) is 5.02 Å². The third-order valence-electron chi connectivity index (χ3n) is 5.59. The van der Waals surface area contributed by atoms with Crippen molar-refractivity contribution >= 4 is 17.5 Å². The Kier molecular flexibility index (Phi) is 5.02. The highest BCUT2D eigenvalue weighted by Crippen LogP contribution is 2.38. The van der Waals surface area contributed by atoms with Crippen molar-refractivity contribution in [1.82, 2.24) is 9.80 Å².